The van der Waals surface area contributed by atoms with Crippen LogP contribution in [0.2, 0.25) is 0 Å². The van der Waals surface area contributed by atoms with Crippen LogP contribution in [0.3, 0.4) is 0 Å². The van der Waals surface area contributed by atoms with Crippen LogP contribution < -0.4 is 4.74 Å². The first-order valence-corrected chi connectivity index (χ1v) is 10.3. The average Bonchev–Trinajstić information content (AvgIpc) is 3.24. The summed E-state index contributed by atoms with van der Waals surface area (Å²) in [7, 11) is 1.96. The van der Waals surface area contributed by atoms with E-state index in [9.17, 15) is 9.18 Å². The van der Waals surface area contributed by atoms with Crippen molar-refractivity contribution in [1.82, 2.24) is 14.5 Å². The van der Waals surface area contributed by atoms with E-state index in [1.165, 1.54) is 12.3 Å². The fourth-order valence-electron chi connectivity index (χ4n) is 4.19. The van der Waals surface area contributed by atoms with Crippen molar-refractivity contribution >= 4 is 28.6 Å². The third-order valence-electron chi connectivity index (χ3n) is 5.55. The zero-order valence-corrected chi connectivity index (χ0v) is 16.3. The Labute approximate surface area is 166 Å². The third kappa shape index (κ3) is 2.85. The molecule has 5 rings (SSSR count). The Balaban J connectivity index is 1.26. The van der Waals surface area contributed by atoms with E-state index in [0.29, 0.717) is 13.1 Å². The molecule has 2 fully saturated rings. The minimum Gasteiger partial charge on any atom is -0.471 e. The highest BCUT2D eigenvalue weighted by molar-refractivity contribution is 8.01. The van der Waals surface area contributed by atoms with E-state index >= 15 is 0 Å². The van der Waals surface area contributed by atoms with Crippen molar-refractivity contribution in [1.29, 1.82) is 0 Å². The highest BCUT2D eigenvalue weighted by atomic mass is 32.2. The van der Waals surface area contributed by atoms with E-state index in [2.05, 4.69) is 4.98 Å². The second-order valence-electron chi connectivity index (χ2n) is 7.56. The Hall–Kier alpha value is -2.54. The van der Waals surface area contributed by atoms with Crippen molar-refractivity contribution in [2.24, 2.45) is 7.05 Å². The standard InChI is InChI=1S/C21H20FN3O2S/c1-24-10-16(15-5-2-3-7-18(15)24)20(26)25-12-21(13-25)9-14(11-28-21)27-19-17(22)6-4-8-23-19/h2-8,10,14H,9,11-13H2,1H3. The van der Waals surface area contributed by atoms with Gasteiger partial charge in [-0.25, -0.2) is 9.37 Å². The van der Waals surface area contributed by atoms with Crippen molar-refractivity contribution in [3.05, 3.63) is 60.2 Å². The van der Waals surface area contributed by atoms with Crippen molar-refractivity contribution in [3.63, 3.8) is 0 Å². The molecule has 7 heteroatoms. The normalized spacial score (nSPS) is 20.5. The quantitative estimate of drug-likeness (QED) is 0.679. The monoisotopic (exact) mass is 397 g/mol. The maximum absolute atomic E-state index is 13.8. The fourth-order valence-corrected chi connectivity index (χ4v) is 5.71. The number of hydrogen-bond acceptors (Lipinski definition) is 4. The summed E-state index contributed by atoms with van der Waals surface area (Å²) in [4.78, 5) is 18.9. The number of pyridine rings is 1. The Bertz CT molecular complexity index is 1060. The number of hydrogen-bond donors (Lipinski definition) is 0. The zero-order valence-electron chi connectivity index (χ0n) is 15.5. The van der Waals surface area contributed by atoms with Crippen LogP contribution in [0.4, 0.5) is 4.39 Å². The van der Waals surface area contributed by atoms with Gasteiger partial charge in [0.25, 0.3) is 11.8 Å². The molecule has 2 aliphatic rings. The molecule has 4 heterocycles. The lowest BCUT2D eigenvalue weighted by Gasteiger charge is -2.47. The van der Waals surface area contributed by atoms with Gasteiger partial charge in [-0.05, 0) is 18.2 Å². The number of benzene rings is 1. The van der Waals surface area contributed by atoms with Crippen molar-refractivity contribution in [3.8, 4) is 5.88 Å². The fraction of sp³-hybridized carbons (Fsp3) is 0.333. The number of rotatable bonds is 3. The van der Waals surface area contributed by atoms with Crippen LogP contribution in [0, 0.1) is 5.82 Å². The van der Waals surface area contributed by atoms with Crippen LogP contribution in [0.5, 0.6) is 5.88 Å². The van der Waals surface area contributed by atoms with Gasteiger partial charge in [0, 0.05) is 55.6 Å². The van der Waals surface area contributed by atoms with Crippen molar-refractivity contribution < 1.29 is 13.9 Å². The second kappa shape index (κ2) is 6.51. The number of amides is 1. The zero-order chi connectivity index (χ0) is 19.3. The molecular formula is C21H20FN3O2S. The van der Waals surface area contributed by atoms with Gasteiger partial charge in [0.05, 0.1) is 10.3 Å². The topological polar surface area (TPSA) is 47.4 Å². The lowest BCUT2D eigenvalue weighted by atomic mass is 9.92. The van der Waals surface area contributed by atoms with E-state index in [1.807, 2.05) is 58.7 Å². The summed E-state index contributed by atoms with van der Waals surface area (Å²) >= 11 is 1.82. The highest BCUT2D eigenvalue weighted by Crippen LogP contribution is 2.46. The van der Waals surface area contributed by atoms with E-state index in [1.54, 1.807) is 6.07 Å². The summed E-state index contributed by atoms with van der Waals surface area (Å²) in [5.41, 5.74) is 1.81. The van der Waals surface area contributed by atoms with Crippen LogP contribution in [-0.2, 0) is 7.05 Å². The van der Waals surface area contributed by atoms with Gasteiger partial charge in [-0.2, -0.15) is 0 Å². The van der Waals surface area contributed by atoms with Crippen LogP contribution in [0.25, 0.3) is 10.9 Å². The van der Waals surface area contributed by atoms with E-state index < -0.39 is 5.82 Å². The summed E-state index contributed by atoms with van der Waals surface area (Å²) < 4.78 is 21.5. The van der Waals surface area contributed by atoms with Gasteiger partial charge in [0.2, 0.25) is 0 Å². The van der Waals surface area contributed by atoms with Crippen LogP contribution in [0.15, 0.2) is 48.8 Å². The summed E-state index contributed by atoms with van der Waals surface area (Å²) in [6.07, 6.45) is 4.16. The molecule has 0 aliphatic carbocycles. The number of likely N-dealkylation sites (tertiary alicyclic amines) is 1. The molecule has 2 saturated heterocycles. The summed E-state index contributed by atoms with van der Waals surface area (Å²) in [5.74, 6) is 0.484. The van der Waals surface area contributed by atoms with E-state index in [4.69, 9.17) is 4.74 Å². The van der Waals surface area contributed by atoms with Gasteiger partial charge in [-0.1, -0.05) is 18.2 Å². The number of para-hydroxylation sites is 1. The summed E-state index contributed by atoms with van der Waals surface area (Å²) in [6, 6.07) is 10.9. The average molecular weight is 397 g/mol. The molecular weight excluding hydrogens is 377 g/mol. The van der Waals surface area contributed by atoms with Crippen LogP contribution >= 0.6 is 11.8 Å². The molecule has 2 aliphatic heterocycles. The number of aromatic nitrogens is 2. The number of fused-ring (bicyclic) bond motifs is 1. The first-order valence-electron chi connectivity index (χ1n) is 9.29. The van der Waals surface area contributed by atoms with Gasteiger partial charge in [0.15, 0.2) is 5.82 Å². The Morgan fingerprint density at radius 1 is 1.29 bits per heavy atom. The van der Waals surface area contributed by atoms with Gasteiger partial charge < -0.3 is 14.2 Å². The lowest BCUT2D eigenvalue weighted by Crippen LogP contribution is -2.60. The predicted molar refractivity (Wildman–Crippen MR) is 107 cm³/mol. The number of ether oxygens (including phenoxy) is 1. The molecule has 0 radical (unpaired) electrons. The Morgan fingerprint density at radius 2 is 2.11 bits per heavy atom. The number of carbonyl (C=O) groups excluding carboxylic acids is 1. The Morgan fingerprint density at radius 3 is 2.93 bits per heavy atom. The number of carbonyl (C=O) groups is 1. The molecule has 1 atom stereocenters. The molecule has 0 bridgehead atoms. The molecule has 1 spiro atoms. The van der Waals surface area contributed by atoms with Gasteiger partial charge >= 0.3 is 0 Å². The van der Waals surface area contributed by atoms with E-state index in [-0.39, 0.29) is 22.6 Å². The minimum absolute atomic E-state index is 0.0101. The molecule has 0 N–H and O–H groups in total. The third-order valence-corrected chi connectivity index (χ3v) is 7.13. The van der Waals surface area contributed by atoms with Crippen LogP contribution in [-0.4, -0.2) is 50.1 Å². The first kappa shape index (κ1) is 17.6. The summed E-state index contributed by atoms with van der Waals surface area (Å²) in [5, 5.41) is 0.988. The molecule has 3 aromatic rings. The smallest absolute Gasteiger partial charge is 0.256 e. The predicted octanol–water partition coefficient (Wildman–Crippen LogP) is 3.49. The SMILES string of the molecule is Cn1cc(C(=O)N2CC3(CC(Oc4ncccc4F)CS3)C2)c2ccccc21. The number of thioether (sulfide) groups is 1. The molecule has 0 saturated carbocycles. The van der Waals surface area contributed by atoms with Crippen molar-refractivity contribution in [2.75, 3.05) is 18.8 Å². The maximum atomic E-state index is 13.8. The van der Waals surface area contributed by atoms with Crippen LogP contribution in [0.1, 0.15) is 16.8 Å². The van der Waals surface area contributed by atoms with Gasteiger partial charge in [-0.15, -0.1) is 11.8 Å². The van der Waals surface area contributed by atoms with Gasteiger partial charge in [-0.3, -0.25) is 4.79 Å². The first-order chi connectivity index (χ1) is 13.5. The lowest BCUT2D eigenvalue weighted by molar-refractivity contribution is 0.0516. The molecule has 1 amide bonds. The molecule has 2 aromatic heterocycles. The molecule has 1 aromatic carbocycles. The number of halogens is 1. The summed E-state index contributed by atoms with van der Waals surface area (Å²) in [6.45, 7) is 1.40. The minimum atomic E-state index is -0.435. The molecule has 28 heavy (non-hydrogen) atoms. The second-order valence-corrected chi connectivity index (χ2v) is 9.05. The highest BCUT2D eigenvalue weighted by Gasteiger charge is 2.51. The number of nitrogens with zero attached hydrogens (tertiary/aromatic N) is 3. The maximum Gasteiger partial charge on any atom is 0.256 e. The molecule has 144 valence electrons. The number of aryl methyl sites for hydroxylation is 1. The van der Waals surface area contributed by atoms with Crippen molar-refractivity contribution in [2.45, 2.75) is 17.3 Å². The molecule has 1 unspecified atom stereocenters. The van der Waals surface area contributed by atoms with Gasteiger partial charge in [0.1, 0.15) is 6.10 Å². The largest absolute Gasteiger partial charge is 0.471 e. The Kier molecular flexibility index (Phi) is 4.08. The molecule has 5 nitrogen and oxygen atoms in total. The van der Waals surface area contributed by atoms with E-state index in [0.717, 1.165) is 28.6 Å².